The minimum atomic E-state index is -4.41. The van der Waals surface area contributed by atoms with Gasteiger partial charge in [0, 0.05) is 39.5 Å². The molecule has 0 aliphatic carbocycles. The average molecular weight is 647 g/mol. The summed E-state index contributed by atoms with van der Waals surface area (Å²) in [6, 6.07) is 7.20. The Morgan fingerprint density at radius 3 is 2.56 bits per heavy atom. The van der Waals surface area contributed by atoms with E-state index in [1.807, 2.05) is 4.57 Å². The van der Waals surface area contributed by atoms with Crippen LogP contribution in [0.25, 0.3) is 28.3 Å². The molecule has 5 aromatic rings. The van der Waals surface area contributed by atoms with Crippen LogP contribution in [0.2, 0.25) is 30.7 Å². The third kappa shape index (κ3) is 6.56. The summed E-state index contributed by atoms with van der Waals surface area (Å²) < 4.78 is 73.6. The van der Waals surface area contributed by atoms with Gasteiger partial charge >= 0.3 is 0 Å². The molecule has 0 atom stereocenters. The van der Waals surface area contributed by atoms with Crippen LogP contribution < -0.4 is 9.46 Å². The van der Waals surface area contributed by atoms with Crippen LogP contribution in [-0.4, -0.2) is 54.1 Å². The van der Waals surface area contributed by atoms with Gasteiger partial charge in [0.25, 0.3) is 10.0 Å². The summed E-state index contributed by atoms with van der Waals surface area (Å²) in [6.07, 6.45) is 7.84. The van der Waals surface area contributed by atoms with Crippen molar-refractivity contribution in [3.63, 3.8) is 0 Å². The second-order valence-corrected chi connectivity index (χ2v) is 18.6. The number of ether oxygens (including phenoxy) is 2. The van der Waals surface area contributed by atoms with Gasteiger partial charge < -0.3 is 14.0 Å². The van der Waals surface area contributed by atoms with Crippen molar-refractivity contribution >= 4 is 40.9 Å². The molecule has 0 aliphatic heterocycles. The molecule has 0 unspecified atom stereocenters. The first-order valence-electron chi connectivity index (χ1n) is 13.1. The predicted octanol–water partition coefficient (Wildman–Crippen LogP) is 6.31. The van der Waals surface area contributed by atoms with Crippen LogP contribution in [0.1, 0.15) is 0 Å². The zero-order valence-corrected chi connectivity index (χ0v) is 26.4. The van der Waals surface area contributed by atoms with Crippen molar-refractivity contribution in [2.75, 3.05) is 18.4 Å². The number of hydrogen-bond donors (Lipinski definition) is 1. The lowest BCUT2D eigenvalue weighted by molar-refractivity contribution is 0.0882. The maximum Gasteiger partial charge on any atom is 0.267 e. The molecule has 4 aromatic heterocycles. The number of hydrogen-bond acceptors (Lipinski definition) is 7. The Bertz CT molecular complexity index is 1910. The molecule has 0 saturated carbocycles. The molecule has 0 saturated heterocycles. The lowest BCUT2D eigenvalue weighted by atomic mass is 10.0. The highest BCUT2D eigenvalue weighted by atomic mass is 35.5. The lowest BCUT2D eigenvalue weighted by Gasteiger charge is -2.16. The molecule has 10 nitrogen and oxygen atoms in total. The summed E-state index contributed by atoms with van der Waals surface area (Å²) in [5.74, 6) is -1.13. The maximum atomic E-state index is 15.7. The van der Waals surface area contributed by atoms with Gasteiger partial charge in [0.1, 0.15) is 12.5 Å². The van der Waals surface area contributed by atoms with Crippen molar-refractivity contribution in [2.24, 2.45) is 0 Å². The number of aromatic nitrogens is 5. The van der Waals surface area contributed by atoms with Gasteiger partial charge in [0.15, 0.2) is 22.4 Å². The molecular formula is C28H29ClF2N6O4SSi. The molecule has 15 heteroatoms. The number of benzene rings is 1. The summed E-state index contributed by atoms with van der Waals surface area (Å²) in [7, 11) is -4.40. The first-order valence-corrected chi connectivity index (χ1v) is 18.7. The highest BCUT2D eigenvalue weighted by Gasteiger charge is 2.25. The first-order chi connectivity index (χ1) is 20.4. The quantitative estimate of drug-likeness (QED) is 0.132. The number of halogens is 3. The Hall–Kier alpha value is -3.85. The predicted molar refractivity (Wildman–Crippen MR) is 162 cm³/mol. The zero-order chi connectivity index (χ0) is 30.9. The minimum absolute atomic E-state index is 0.0342. The molecule has 0 bridgehead atoms. The number of nitrogens with one attached hydrogen (secondary N) is 1. The lowest BCUT2D eigenvalue weighted by Crippen LogP contribution is -2.22. The van der Waals surface area contributed by atoms with E-state index in [9.17, 15) is 8.42 Å². The van der Waals surface area contributed by atoms with E-state index in [-0.39, 0.29) is 16.5 Å². The number of sulfonamides is 1. The Labute approximate surface area is 253 Å². The number of rotatable bonds is 11. The van der Waals surface area contributed by atoms with Gasteiger partial charge in [-0.15, -0.1) is 0 Å². The average Bonchev–Trinajstić information content (AvgIpc) is 3.58. The monoisotopic (exact) mass is 646 g/mol. The van der Waals surface area contributed by atoms with Crippen LogP contribution >= 0.6 is 11.6 Å². The standard InChI is InChI=1S/C28H29ClF2N6O4SSi/c1-40-28-23(14-19(29)15-34-28)42(38,39)35-22-6-5-21(30)24(25(22)31)18-7-9-37-20(13-18)16-33-27(37)26-32-8-10-36(26)17-41-11-12-43(2,3)4/h5-10,13-16,35H,11-12,17H2,1-4H3. The number of fused-ring (bicyclic) bond motifs is 1. The van der Waals surface area contributed by atoms with E-state index >= 15 is 8.78 Å². The van der Waals surface area contributed by atoms with Crippen LogP contribution in [0.3, 0.4) is 0 Å². The molecule has 5 rings (SSSR count). The van der Waals surface area contributed by atoms with Gasteiger partial charge in [-0.05, 0) is 41.9 Å². The summed E-state index contributed by atoms with van der Waals surface area (Å²) in [6.45, 7) is 7.81. The SMILES string of the molecule is COc1ncc(Cl)cc1S(=O)(=O)Nc1ccc(F)c(-c2ccn3c(-c4nccn4COCC[Si](C)(C)C)ncc3c2)c1F. The van der Waals surface area contributed by atoms with Gasteiger partial charge in [0.2, 0.25) is 5.88 Å². The third-order valence-corrected chi connectivity index (χ3v) is 9.84. The van der Waals surface area contributed by atoms with Gasteiger partial charge in [-0.3, -0.25) is 9.12 Å². The molecule has 0 fully saturated rings. The van der Waals surface area contributed by atoms with E-state index in [0.29, 0.717) is 30.5 Å². The van der Waals surface area contributed by atoms with Crippen molar-refractivity contribution < 1.29 is 26.7 Å². The topological polar surface area (TPSA) is 113 Å². The summed E-state index contributed by atoms with van der Waals surface area (Å²) in [4.78, 5) is 12.4. The van der Waals surface area contributed by atoms with Crippen LogP contribution in [0, 0.1) is 11.6 Å². The van der Waals surface area contributed by atoms with Crippen molar-refractivity contribution in [3.8, 4) is 28.7 Å². The Morgan fingerprint density at radius 1 is 1.02 bits per heavy atom. The minimum Gasteiger partial charge on any atom is -0.480 e. The summed E-state index contributed by atoms with van der Waals surface area (Å²) in [5, 5.41) is 0.0342. The van der Waals surface area contributed by atoms with Gasteiger partial charge in [-0.25, -0.2) is 32.2 Å². The molecule has 0 aliphatic rings. The fourth-order valence-corrected chi connectivity index (χ4v) is 6.52. The summed E-state index contributed by atoms with van der Waals surface area (Å²) >= 11 is 5.92. The number of pyridine rings is 2. The molecule has 226 valence electrons. The van der Waals surface area contributed by atoms with Gasteiger partial charge in [-0.1, -0.05) is 31.2 Å². The summed E-state index contributed by atoms with van der Waals surface area (Å²) in [5.41, 5.74) is -0.168. The van der Waals surface area contributed by atoms with Crippen molar-refractivity contribution in [2.45, 2.75) is 37.3 Å². The van der Waals surface area contributed by atoms with Crippen LogP contribution in [0.5, 0.6) is 5.88 Å². The number of nitrogens with zero attached hydrogens (tertiary/aromatic N) is 5. The Kier molecular flexibility index (Phi) is 8.56. The highest BCUT2D eigenvalue weighted by molar-refractivity contribution is 7.92. The Balaban J connectivity index is 1.44. The van der Waals surface area contributed by atoms with E-state index in [2.05, 4.69) is 39.3 Å². The van der Waals surface area contributed by atoms with Gasteiger partial charge in [-0.2, -0.15) is 0 Å². The number of imidazole rings is 2. The molecule has 1 N–H and O–H groups in total. The molecule has 1 aromatic carbocycles. The van der Waals surface area contributed by atoms with E-state index in [1.54, 1.807) is 35.3 Å². The molecule has 4 heterocycles. The molecule has 0 amide bonds. The third-order valence-electron chi connectivity index (χ3n) is 6.57. The Morgan fingerprint density at radius 2 is 1.81 bits per heavy atom. The smallest absolute Gasteiger partial charge is 0.267 e. The first kappa shape index (κ1) is 30.6. The van der Waals surface area contributed by atoms with Crippen LogP contribution in [-0.2, 0) is 21.5 Å². The normalized spacial score (nSPS) is 12.2. The van der Waals surface area contributed by atoms with Crippen molar-refractivity contribution in [1.82, 2.24) is 23.9 Å². The second-order valence-electron chi connectivity index (χ2n) is 10.9. The fourth-order valence-electron chi connectivity index (χ4n) is 4.33. The molecule has 0 radical (unpaired) electrons. The highest BCUT2D eigenvalue weighted by Crippen LogP contribution is 2.34. The van der Waals surface area contributed by atoms with E-state index in [0.717, 1.165) is 24.2 Å². The molecule has 43 heavy (non-hydrogen) atoms. The zero-order valence-electron chi connectivity index (χ0n) is 23.8. The second kappa shape index (κ2) is 12.0. The van der Waals surface area contributed by atoms with E-state index in [4.69, 9.17) is 21.1 Å². The van der Waals surface area contributed by atoms with Crippen molar-refractivity contribution in [1.29, 1.82) is 0 Å². The van der Waals surface area contributed by atoms with Gasteiger partial charge in [0.05, 0.1) is 35.1 Å². The van der Waals surface area contributed by atoms with Crippen LogP contribution in [0.4, 0.5) is 14.5 Å². The molecular weight excluding hydrogens is 618 g/mol. The fraction of sp³-hybridized carbons (Fsp3) is 0.250. The molecule has 0 spiro atoms. The van der Waals surface area contributed by atoms with E-state index < -0.39 is 45.9 Å². The maximum absolute atomic E-state index is 15.7. The van der Waals surface area contributed by atoms with E-state index in [1.165, 1.54) is 19.4 Å². The number of methoxy groups -OCH3 is 1. The number of anilines is 1. The van der Waals surface area contributed by atoms with Crippen LogP contribution in [0.15, 0.2) is 66.2 Å². The van der Waals surface area contributed by atoms with Crippen molar-refractivity contribution in [3.05, 3.63) is 78.0 Å². The largest absolute Gasteiger partial charge is 0.480 e.